The van der Waals surface area contributed by atoms with Gasteiger partial charge in [0.15, 0.2) is 0 Å². The summed E-state index contributed by atoms with van der Waals surface area (Å²) in [4.78, 5) is 30.5. The highest BCUT2D eigenvalue weighted by Crippen LogP contribution is 2.16. The molecular formula is C26H28N4O3. The number of anilines is 1. The van der Waals surface area contributed by atoms with Gasteiger partial charge >= 0.3 is 6.03 Å². The summed E-state index contributed by atoms with van der Waals surface area (Å²) in [6, 6.07) is 20.9. The number of carbonyl (C=O) groups is 2. The fraction of sp³-hybridized carbons (Fsp3) is 0.269. The first kappa shape index (κ1) is 22.5. The van der Waals surface area contributed by atoms with E-state index < -0.39 is 0 Å². The van der Waals surface area contributed by atoms with Gasteiger partial charge in [-0.3, -0.25) is 9.78 Å². The highest BCUT2D eigenvalue weighted by atomic mass is 16.5. The molecule has 3 aromatic rings. The molecule has 7 heteroatoms. The predicted octanol–water partition coefficient (Wildman–Crippen LogP) is 4.22. The van der Waals surface area contributed by atoms with Crippen LogP contribution in [0.15, 0.2) is 79.1 Å². The molecule has 1 aliphatic rings. The molecule has 0 radical (unpaired) electrons. The smallest absolute Gasteiger partial charge is 0.317 e. The molecule has 0 bridgehead atoms. The first-order valence-electron chi connectivity index (χ1n) is 11.2. The van der Waals surface area contributed by atoms with Crippen molar-refractivity contribution in [3.63, 3.8) is 0 Å². The lowest BCUT2D eigenvalue weighted by Crippen LogP contribution is -2.45. The summed E-state index contributed by atoms with van der Waals surface area (Å²) in [5.74, 6) is -0.186. The Balaban J connectivity index is 1.17. The zero-order valence-electron chi connectivity index (χ0n) is 18.4. The van der Waals surface area contributed by atoms with E-state index in [1.807, 2.05) is 47.4 Å². The van der Waals surface area contributed by atoms with E-state index in [0.29, 0.717) is 37.5 Å². The van der Waals surface area contributed by atoms with Gasteiger partial charge in [0.2, 0.25) is 0 Å². The summed E-state index contributed by atoms with van der Waals surface area (Å²) in [7, 11) is 0. The second kappa shape index (κ2) is 11.2. The van der Waals surface area contributed by atoms with Crippen LogP contribution in [0.25, 0.3) is 0 Å². The molecular weight excluding hydrogens is 416 g/mol. The maximum absolute atomic E-state index is 12.5. The lowest BCUT2D eigenvalue weighted by atomic mass is 10.1. The Labute approximate surface area is 193 Å². The minimum Gasteiger partial charge on any atom is -0.373 e. The van der Waals surface area contributed by atoms with Gasteiger partial charge in [0, 0.05) is 43.3 Å². The molecule has 1 aliphatic heterocycles. The molecule has 2 heterocycles. The zero-order chi connectivity index (χ0) is 22.9. The second-order valence-corrected chi connectivity index (χ2v) is 8.03. The molecule has 0 spiro atoms. The minimum absolute atomic E-state index is 0.0634. The highest BCUT2D eigenvalue weighted by Gasteiger charge is 2.23. The molecule has 7 nitrogen and oxygen atoms in total. The molecule has 4 rings (SSSR count). The summed E-state index contributed by atoms with van der Waals surface area (Å²) in [5.41, 5.74) is 3.38. The molecule has 2 aromatic carbocycles. The van der Waals surface area contributed by atoms with Crippen molar-refractivity contribution in [2.24, 2.45) is 0 Å². The zero-order valence-corrected chi connectivity index (χ0v) is 18.4. The predicted molar refractivity (Wildman–Crippen MR) is 127 cm³/mol. The average molecular weight is 445 g/mol. The van der Waals surface area contributed by atoms with Crippen molar-refractivity contribution >= 4 is 17.6 Å². The monoisotopic (exact) mass is 444 g/mol. The Hall–Kier alpha value is -3.71. The molecule has 2 N–H and O–H groups in total. The number of carbonyl (C=O) groups excluding carboxylic acids is 2. The Morgan fingerprint density at radius 2 is 1.61 bits per heavy atom. The standard InChI is InChI=1S/C26H28N4O3/c31-25(22-10-14-27-15-11-22)29-23-8-6-20(7-9-23)18-28-26(32)30-16-12-24(13-17-30)33-19-21-4-2-1-3-5-21/h1-11,14-15,24H,12-13,16-19H2,(H,28,32)(H,29,31). The number of hydrogen-bond acceptors (Lipinski definition) is 4. The van der Waals surface area contributed by atoms with Crippen LogP contribution in [0, 0.1) is 0 Å². The quantitative estimate of drug-likeness (QED) is 0.571. The molecule has 0 atom stereocenters. The molecule has 3 amide bonds. The Morgan fingerprint density at radius 3 is 2.30 bits per heavy atom. The SMILES string of the molecule is O=C(Nc1ccc(CNC(=O)N2CCC(OCc3ccccc3)CC2)cc1)c1ccncc1. The molecule has 1 fully saturated rings. The van der Waals surface area contributed by atoms with Crippen LogP contribution in [0.4, 0.5) is 10.5 Å². The number of nitrogens with zero attached hydrogens (tertiary/aromatic N) is 2. The van der Waals surface area contributed by atoms with Gasteiger partial charge < -0.3 is 20.3 Å². The number of urea groups is 1. The first-order valence-corrected chi connectivity index (χ1v) is 11.2. The molecule has 33 heavy (non-hydrogen) atoms. The van der Waals surface area contributed by atoms with Crippen LogP contribution >= 0.6 is 0 Å². The Kier molecular flexibility index (Phi) is 7.66. The highest BCUT2D eigenvalue weighted by molar-refractivity contribution is 6.04. The van der Waals surface area contributed by atoms with Gasteiger partial charge in [0.1, 0.15) is 0 Å². The Bertz CT molecular complexity index is 1030. The second-order valence-electron chi connectivity index (χ2n) is 8.03. The third-order valence-electron chi connectivity index (χ3n) is 5.66. The van der Waals surface area contributed by atoms with Gasteiger partial charge in [0.05, 0.1) is 12.7 Å². The van der Waals surface area contributed by atoms with Crippen LogP contribution in [-0.4, -0.2) is 41.0 Å². The van der Waals surface area contributed by atoms with Gasteiger partial charge in [-0.05, 0) is 48.2 Å². The van der Waals surface area contributed by atoms with Crippen molar-refractivity contribution in [2.75, 3.05) is 18.4 Å². The van der Waals surface area contributed by atoms with Crippen LogP contribution < -0.4 is 10.6 Å². The molecule has 170 valence electrons. The number of rotatable bonds is 7. The van der Waals surface area contributed by atoms with Crippen LogP contribution in [0.1, 0.15) is 34.3 Å². The molecule has 0 aliphatic carbocycles. The number of pyridine rings is 1. The number of piperidine rings is 1. The van der Waals surface area contributed by atoms with Crippen molar-refractivity contribution in [2.45, 2.75) is 32.1 Å². The summed E-state index contributed by atoms with van der Waals surface area (Å²) >= 11 is 0. The summed E-state index contributed by atoms with van der Waals surface area (Å²) < 4.78 is 6.00. The van der Waals surface area contributed by atoms with Crippen molar-refractivity contribution in [1.29, 1.82) is 0 Å². The Morgan fingerprint density at radius 1 is 0.909 bits per heavy atom. The maximum Gasteiger partial charge on any atom is 0.317 e. The number of nitrogens with one attached hydrogen (secondary N) is 2. The third-order valence-corrected chi connectivity index (χ3v) is 5.66. The van der Waals surface area contributed by atoms with E-state index in [-0.39, 0.29) is 18.0 Å². The largest absolute Gasteiger partial charge is 0.373 e. The number of benzene rings is 2. The molecule has 0 unspecified atom stereocenters. The van der Waals surface area contributed by atoms with Gasteiger partial charge in [-0.1, -0.05) is 42.5 Å². The van der Waals surface area contributed by atoms with Crippen molar-refractivity contribution in [1.82, 2.24) is 15.2 Å². The average Bonchev–Trinajstić information content (AvgIpc) is 2.88. The fourth-order valence-corrected chi connectivity index (χ4v) is 3.72. The molecule has 1 aromatic heterocycles. The first-order chi connectivity index (χ1) is 16.2. The van der Waals surface area contributed by atoms with Crippen LogP contribution in [0.2, 0.25) is 0 Å². The van der Waals surface area contributed by atoms with E-state index in [9.17, 15) is 9.59 Å². The van der Waals surface area contributed by atoms with Gasteiger partial charge in [0.25, 0.3) is 5.91 Å². The number of amides is 3. The van der Waals surface area contributed by atoms with E-state index in [1.54, 1.807) is 24.5 Å². The van der Waals surface area contributed by atoms with Crippen molar-refractivity contribution in [3.8, 4) is 0 Å². The van der Waals surface area contributed by atoms with E-state index in [0.717, 1.165) is 18.4 Å². The minimum atomic E-state index is -0.186. The van der Waals surface area contributed by atoms with Gasteiger partial charge in [-0.2, -0.15) is 0 Å². The number of aromatic nitrogens is 1. The lowest BCUT2D eigenvalue weighted by Gasteiger charge is -2.32. The van der Waals surface area contributed by atoms with Crippen LogP contribution in [0.5, 0.6) is 0 Å². The van der Waals surface area contributed by atoms with Crippen molar-refractivity contribution < 1.29 is 14.3 Å². The summed E-state index contributed by atoms with van der Waals surface area (Å²) in [5, 5.41) is 5.83. The summed E-state index contributed by atoms with van der Waals surface area (Å²) in [6.07, 6.45) is 5.03. The maximum atomic E-state index is 12.5. The van der Waals surface area contributed by atoms with Gasteiger partial charge in [-0.15, -0.1) is 0 Å². The molecule has 1 saturated heterocycles. The van der Waals surface area contributed by atoms with Crippen molar-refractivity contribution in [3.05, 3.63) is 95.8 Å². The van der Waals surface area contributed by atoms with E-state index >= 15 is 0 Å². The summed E-state index contributed by atoms with van der Waals surface area (Å²) in [6.45, 7) is 2.41. The topological polar surface area (TPSA) is 83.6 Å². The lowest BCUT2D eigenvalue weighted by molar-refractivity contribution is 0.00444. The fourth-order valence-electron chi connectivity index (χ4n) is 3.72. The normalized spacial score (nSPS) is 14.0. The molecule has 0 saturated carbocycles. The van der Waals surface area contributed by atoms with Crippen LogP contribution in [-0.2, 0) is 17.9 Å². The van der Waals surface area contributed by atoms with Gasteiger partial charge in [-0.25, -0.2) is 4.79 Å². The van der Waals surface area contributed by atoms with E-state index in [4.69, 9.17) is 4.74 Å². The number of ether oxygens (including phenoxy) is 1. The van der Waals surface area contributed by atoms with E-state index in [1.165, 1.54) is 5.56 Å². The number of hydrogen-bond donors (Lipinski definition) is 2. The van der Waals surface area contributed by atoms with E-state index in [2.05, 4.69) is 27.8 Å². The number of likely N-dealkylation sites (tertiary alicyclic amines) is 1. The third kappa shape index (κ3) is 6.63. The van der Waals surface area contributed by atoms with Crippen LogP contribution in [0.3, 0.4) is 0 Å².